The van der Waals surface area contributed by atoms with Gasteiger partial charge in [-0.2, -0.15) is 0 Å². The van der Waals surface area contributed by atoms with Crippen LogP contribution in [0, 0.1) is 5.82 Å². The fraction of sp³-hybridized carbons (Fsp3) is 0.214. The van der Waals surface area contributed by atoms with Crippen molar-refractivity contribution in [1.29, 1.82) is 0 Å². The molecule has 0 saturated heterocycles. The fourth-order valence-corrected chi connectivity index (χ4v) is 3.18. The molecule has 1 aromatic carbocycles. The van der Waals surface area contributed by atoms with Crippen molar-refractivity contribution in [3.05, 3.63) is 51.2 Å². The summed E-state index contributed by atoms with van der Waals surface area (Å²) in [5.74, 6) is 0.275. The molecule has 20 heavy (non-hydrogen) atoms. The summed E-state index contributed by atoms with van der Waals surface area (Å²) in [5, 5.41) is 1.83. The zero-order valence-electron chi connectivity index (χ0n) is 10.6. The first-order valence-corrected chi connectivity index (χ1v) is 7.77. The van der Waals surface area contributed by atoms with Crippen LogP contribution in [0.3, 0.4) is 0 Å². The molecule has 2 aromatic heterocycles. The number of halogens is 3. The highest BCUT2D eigenvalue weighted by Crippen LogP contribution is 2.29. The average molecular weight is 329 g/mol. The first kappa shape index (κ1) is 13.9. The summed E-state index contributed by atoms with van der Waals surface area (Å²) in [5.41, 5.74) is 1.37. The normalized spacial score (nSPS) is 13.0. The Bertz CT molecular complexity index is 750. The molecule has 104 valence electrons. The van der Waals surface area contributed by atoms with Crippen molar-refractivity contribution < 1.29 is 4.39 Å². The molecule has 0 bridgehead atoms. The second kappa shape index (κ2) is 5.35. The number of thiophene rings is 1. The number of benzene rings is 1. The van der Waals surface area contributed by atoms with E-state index < -0.39 is 5.82 Å². The lowest BCUT2D eigenvalue weighted by atomic mass is 10.3. The van der Waals surface area contributed by atoms with E-state index in [1.54, 1.807) is 17.4 Å². The molecule has 0 aliphatic rings. The van der Waals surface area contributed by atoms with Crippen molar-refractivity contribution in [3.8, 4) is 0 Å². The number of imidazole rings is 1. The van der Waals surface area contributed by atoms with Crippen molar-refractivity contribution >= 4 is 45.6 Å². The predicted octanol–water partition coefficient (Wildman–Crippen LogP) is 5.24. The zero-order chi connectivity index (χ0) is 14.3. The van der Waals surface area contributed by atoms with Gasteiger partial charge in [-0.05, 0) is 24.4 Å². The summed E-state index contributed by atoms with van der Waals surface area (Å²) in [6.45, 7) is 2.48. The van der Waals surface area contributed by atoms with Crippen molar-refractivity contribution in [2.45, 2.75) is 18.8 Å². The number of nitrogens with zero attached hydrogens (tertiary/aromatic N) is 2. The Hall–Kier alpha value is -1.10. The topological polar surface area (TPSA) is 17.8 Å². The van der Waals surface area contributed by atoms with Crippen LogP contribution in [0.2, 0.25) is 5.02 Å². The molecule has 3 rings (SSSR count). The molecule has 1 unspecified atom stereocenters. The SMILES string of the molecule is CC(Cl)c1nc2cc(Cl)c(F)cc2n1Cc1cccs1. The van der Waals surface area contributed by atoms with Crippen LogP contribution < -0.4 is 0 Å². The van der Waals surface area contributed by atoms with Gasteiger partial charge in [-0.1, -0.05) is 17.7 Å². The van der Waals surface area contributed by atoms with E-state index in [2.05, 4.69) is 4.98 Å². The molecule has 1 atom stereocenters. The number of hydrogen-bond acceptors (Lipinski definition) is 2. The zero-order valence-corrected chi connectivity index (χ0v) is 12.9. The van der Waals surface area contributed by atoms with Gasteiger partial charge in [-0.3, -0.25) is 0 Å². The third kappa shape index (κ3) is 2.43. The first-order valence-electron chi connectivity index (χ1n) is 6.08. The second-order valence-electron chi connectivity index (χ2n) is 4.51. The number of hydrogen-bond donors (Lipinski definition) is 0. The Morgan fingerprint density at radius 1 is 1.45 bits per heavy atom. The molecule has 0 radical (unpaired) electrons. The lowest BCUT2D eigenvalue weighted by molar-refractivity contribution is 0.628. The van der Waals surface area contributed by atoms with Gasteiger partial charge in [0.05, 0.1) is 28.0 Å². The lowest BCUT2D eigenvalue weighted by Crippen LogP contribution is -2.04. The highest BCUT2D eigenvalue weighted by Gasteiger charge is 2.17. The van der Waals surface area contributed by atoms with Gasteiger partial charge in [-0.25, -0.2) is 9.37 Å². The maximum absolute atomic E-state index is 13.7. The second-order valence-corrected chi connectivity index (χ2v) is 6.60. The van der Waals surface area contributed by atoms with Gasteiger partial charge in [0.1, 0.15) is 11.6 Å². The number of rotatable bonds is 3. The van der Waals surface area contributed by atoms with Gasteiger partial charge >= 0.3 is 0 Å². The molecule has 0 saturated carbocycles. The molecule has 2 heterocycles. The van der Waals surface area contributed by atoms with Crippen LogP contribution >= 0.6 is 34.5 Å². The van der Waals surface area contributed by atoms with Crippen LogP contribution in [0.5, 0.6) is 0 Å². The highest BCUT2D eigenvalue weighted by molar-refractivity contribution is 7.09. The van der Waals surface area contributed by atoms with E-state index in [4.69, 9.17) is 23.2 Å². The molecule has 2 nitrogen and oxygen atoms in total. The van der Waals surface area contributed by atoms with Crippen LogP contribution in [0.25, 0.3) is 11.0 Å². The van der Waals surface area contributed by atoms with E-state index in [1.807, 2.05) is 29.0 Å². The Morgan fingerprint density at radius 3 is 2.90 bits per heavy atom. The van der Waals surface area contributed by atoms with Gasteiger partial charge in [0.15, 0.2) is 0 Å². The number of alkyl halides is 1. The van der Waals surface area contributed by atoms with Gasteiger partial charge in [0, 0.05) is 10.9 Å². The maximum atomic E-state index is 13.7. The van der Waals surface area contributed by atoms with Gasteiger partial charge in [0.2, 0.25) is 0 Å². The van der Waals surface area contributed by atoms with E-state index >= 15 is 0 Å². The largest absolute Gasteiger partial charge is 0.321 e. The first-order chi connectivity index (χ1) is 9.56. The molecule has 3 aromatic rings. The Kier molecular flexibility index (Phi) is 3.71. The lowest BCUT2D eigenvalue weighted by Gasteiger charge is -2.09. The van der Waals surface area contributed by atoms with Crippen molar-refractivity contribution in [2.75, 3.05) is 0 Å². The van der Waals surface area contributed by atoms with Gasteiger partial charge < -0.3 is 4.57 Å². The van der Waals surface area contributed by atoms with Crippen LogP contribution in [0.15, 0.2) is 29.6 Å². The summed E-state index contributed by atoms with van der Waals surface area (Å²) in [7, 11) is 0. The Labute approximate surface area is 129 Å². The minimum absolute atomic E-state index is 0.0760. The van der Waals surface area contributed by atoms with E-state index in [-0.39, 0.29) is 10.4 Å². The molecular weight excluding hydrogens is 318 g/mol. The number of aromatic nitrogens is 2. The molecule has 0 N–H and O–H groups in total. The quantitative estimate of drug-likeness (QED) is 0.601. The monoisotopic (exact) mass is 328 g/mol. The fourth-order valence-electron chi connectivity index (χ4n) is 2.17. The van der Waals surface area contributed by atoms with Crippen molar-refractivity contribution in [1.82, 2.24) is 9.55 Å². The third-order valence-electron chi connectivity index (χ3n) is 3.07. The molecule has 6 heteroatoms. The van der Waals surface area contributed by atoms with E-state index in [0.29, 0.717) is 17.6 Å². The van der Waals surface area contributed by atoms with Gasteiger partial charge in [-0.15, -0.1) is 22.9 Å². The van der Waals surface area contributed by atoms with Crippen LogP contribution in [-0.4, -0.2) is 9.55 Å². The molecule has 0 amide bonds. The van der Waals surface area contributed by atoms with E-state index in [1.165, 1.54) is 10.9 Å². The minimum Gasteiger partial charge on any atom is -0.321 e. The molecule has 0 spiro atoms. The predicted molar refractivity (Wildman–Crippen MR) is 82.4 cm³/mol. The van der Waals surface area contributed by atoms with Crippen LogP contribution in [-0.2, 0) is 6.54 Å². The summed E-state index contributed by atoms with van der Waals surface area (Å²) >= 11 is 13.7. The van der Waals surface area contributed by atoms with E-state index in [9.17, 15) is 4.39 Å². The Morgan fingerprint density at radius 2 is 2.25 bits per heavy atom. The van der Waals surface area contributed by atoms with Crippen molar-refractivity contribution in [2.24, 2.45) is 0 Å². The molecule has 0 aliphatic heterocycles. The third-order valence-corrected chi connectivity index (χ3v) is 4.42. The van der Waals surface area contributed by atoms with E-state index in [0.717, 1.165) is 5.82 Å². The Balaban J connectivity index is 2.20. The highest BCUT2D eigenvalue weighted by atomic mass is 35.5. The molecular formula is C14H11Cl2FN2S. The maximum Gasteiger partial charge on any atom is 0.144 e. The van der Waals surface area contributed by atoms with Crippen LogP contribution in [0.1, 0.15) is 23.0 Å². The van der Waals surface area contributed by atoms with Gasteiger partial charge in [0.25, 0.3) is 0 Å². The minimum atomic E-state index is -0.444. The summed E-state index contributed by atoms with van der Waals surface area (Å²) in [4.78, 5) is 5.64. The van der Waals surface area contributed by atoms with Crippen LogP contribution in [0.4, 0.5) is 4.39 Å². The summed E-state index contributed by atoms with van der Waals surface area (Å²) in [6, 6.07) is 6.98. The standard InChI is InChI=1S/C14H11Cl2FN2S/c1-8(15)14-18-12-5-10(16)11(17)6-13(12)19(14)7-9-3-2-4-20-9/h2-6,8H,7H2,1H3. The molecule has 0 aliphatic carbocycles. The smallest absolute Gasteiger partial charge is 0.144 e. The summed E-state index contributed by atoms with van der Waals surface area (Å²) < 4.78 is 15.7. The van der Waals surface area contributed by atoms with Crippen molar-refractivity contribution in [3.63, 3.8) is 0 Å². The number of fused-ring (bicyclic) bond motifs is 1. The molecule has 0 fully saturated rings. The average Bonchev–Trinajstić information content (AvgIpc) is 3.00. The summed E-state index contributed by atoms with van der Waals surface area (Å²) in [6.07, 6.45) is 0.